The second-order valence-electron chi connectivity index (χ2n) is 9.01. The summed E-state index contributed by atoms with van der Waals surface area (Å²) in [4.78, 5) is 15.2. The molecule has 2 saturated carbocycles. The molecule has 1 unspecified atom stereocenters. The highest BCUT2D eigenvalue weighted by atomic mass is 32.2. The molecule has 1 amide bonds. The molecule has 1 aromatic heterocycles. The van der Waals surface area contributed by atoms with Gasteiger partial charge in [-0.3, -0.25) is 4.79 Å². The molecule has 2 aromatic rings. The minimum atomic E-state index is 0.105. The van der Waals surface area contributed by atoms with Crippen molar-refractivity contribution in [2.24, 2.45) is 0 Å². The summed E-state index contributed by atoms with van der Waals surface area (Å²) < 4.78 is 14.0. The van der Waals surface area contributed by atoms with Crippen LogP contribution < -0.4 is 9.47 Å². The number of hydrogen-bond acceptors (Lipinski definition) is 6. The summed E-state index contributed by atoms with van der Waals surface area (Å²) in [6.45, 7) is 2.16. The molecule has 164 valence electrons. The number of carbonyl (C=O) groups excluding carboxylic acids is 1. The highest BCUT2D eigenvalue weighted by Crippen LogP contribution is 2.46. The van der Waals surface area contributed by atoms with Crippen LogP contribution in [0.4, 0.5) is 0 Å². The molecule has 7 nitrogen and oxygen atoms in total. The zero-order valence-electron chi connectivity index (χ0n) is 17.7. The average molecular weight is 441 g/mol. The van der Waals surface area contributed by atoms with Crippen molar-refractivity contribution < 1.29 is 14.3 Å². The van der Waals surface area contributed by atoms with Crippen LogP contribution in [-0.2, 0) is 4.79 Å². The summed E-state index contributed by atoms with van der Waals surface area (Å²) in [5, 5.41) is 9.83. The molecule has 0 bridgehead atoms. The van der Waals surface area contributed by atoms with Gasteiger partial charge in [0, 0.05) is 24.9 Å². The van der Waals surface area contributed by atoms with Crippen LogP contribution in [0.3, 0.4) is 0 Å². The summed E-state index contributed by atoms with van der Waals surface area (Å²) in [5.41, 5.74) is 1.14. The third-order valence-electron chi connectivity index (χ3n) is 6.60. The SMILES string of the molecule is O=C(CSc1nnc(C2CC2)n1C1CC1)N1CCCC1c1ccc2c(c1)OCCCO2. The standard InChI is InChI=1S/C23H28N4O3S/c28-21(14-31-23-25-24-22(15-4-5-15)27(23)17-7-8-17)26-10-1-3-18(26)16-6-9-19-20(13-16)30-12-2-11-29-19/h6,9,13,15,17-18H,1-5,7-8,10-12,14H2. The summed E-state index contributed by atoms with van der Waals surface area (Å²) in [5.74, 6) is 3.92. The number of rotatable bonds is 6. The van der Waals surface area contributed by atoms with Gasteiger partial charge in [-0.25, -0.2) is 0 Å². The molecule has 1 saturated heterocycles. The lowest BCUT2D eigenvalue weighted by Gasteiger charge is -2.25. The van der Waals surface area contributed by atoms with E-state index in [-0.39, 0.29) is 11.9 Å². The molecule has 6 rings (SSSR count). The van der Waals surface area contributed by atoms with E-state index in [4.69, 9.17) is 9.47 Å². The van der Waals surface area contributed by atoms with Gasteiger partial charge in [0.15, 0.2) is 16.7 Å². The third kappa shape index (κ3) is 3.90. The highest BCUT2D eigenvalue weighted by molar-refractivity contribution is 7.99. The quantitative estimate of drug-likeness (QED) is 0.630. The molecule has 3 fully saturated rings. The Hall–Kier alpha value is -2.22. The van der Waals surface area contributed by atoms with Gasteiger partial charge in [0.25, 0.3) is 0 Å². The number of likely N-dealkylation sites (tertiary alicyclic amines) is 1. The van der Waals surface area contributed by atoms with E-state index in [1.807, 2.05) is 11.0 Å². The van der Waals surface area contributed by atoms with Gasteiger partial charge >= 0.3 is 0 Å². The van der Waals surface area contributed by atoms with Crippen molar-refractivity contribution in [3.05, 3.63) is 29.6 Å². The first-order valence-electron chi connectivity index (χ1n) is 11.5. The maximum absolute atomic E-state index is 13.2. The van der Waals surface area contributed by atoms with Crippen molar-refractivity contribution in [2.45, 2.75) is 68.1 Å². The Balaban J connectivity index is 1.15. The Morgan fingerprint density at radius 2 is 1.87 bits per heavy atom. The molecule has 8 heteroatoms. The lowest BCUT2D eigenvalue weighted by Crippen LogP contribution is -2.32. The molecular formula is C23H28N4O3S. The van der Waals surface area contributed by atoms with Crippen molar-refractivity contribution >= 4 is 17.7 Å². The van der Waals surface area contributed by atoms with Gasteiger partial charge in [-0.2, -0.15) is 0 Å². The van der Waals surface area contributed by atoms with Gasteiger partial charge in [0.05, 0.1) is 25.0 Å². The van der Waals surface area contributed by atoms with Crippen LogP contribution in [0, 0.1) is 0 Å². The zero-order valence-corrected chi connectivity index (χ0v) is 18.5. The lowest BCUT2D eigenvalue weighted by atomic mass is 10.0. The van der Waals surface area contributed by atoms with E-state index in [2.05, 4.69) is 26.9 Å². The third-order valence-corrected chi connectivity index (χ3v) is 7.53. The maximum atomic E-state index is 13.2. The topological polar surface area (TPSA) is 69.5 Å². The van der Waals surface area contributed by atoms with Crippen molar-refractivity contribution in [2.75, 3.05) is 25.5 Å². The van der Waals surface area contributed by atoms with E-state index in [9.17, 15) is 4.79 Å². The minimum Gasteiger partial charge on any atom is -0.490 e. The second kappa shape index (κ2) is 8.04. The largest absolute Gasteiger partial charge is 0.490 e. The molecular weight excluding hydrogens is 412 g/mol. The van der Waals surface area contributed by atoms with E-state index >= 15 is 0 Å². The van der Waals surface area contributed by atoms with Crippen LogP contribution in [0.15, 0.2) is 23.4 Å². The summed E-state index contributed by atoms with van der Waals surface area (Å²) in [7, 11) is 0. The van der Waals surface area contributed by atoms with Crippen LogP contribution in [0.25, 0.3) is 0 Å². The summed E-state index contributed by atoms with van der Waals surface area (Å²) >= 11 is 1.55. The normalized spacial score (nSPS) is 23.1. The van der Waals surface area contributed by atoms with Crippen molar-refractivity contribution in [1.82, 2.24) is 19.7 Å². The number of thioether (sulfide) groups is 1. The molecule has 0 radical (unpaired) electrons. The van der Waals surface area contributed by atoms with Crippen LogP contribution >= 0.6 is 11.8 Å². The Labute approximate surface area is 186 Å². The van der Waals surface area contributed by atoms with Gasteiger partial charge in [-0.1, -0.05) is 17.8 Å². The molecule has 4 aliphatic rings. The number of ether oxygens (including phenoxy) is 2. The van der Waals surface area contributed by atoms with Crippen LogP contribution in [-0.4, -0.2) is 51.1 Å². The Kier molecular flexibility index (Phi) is 5.05. The lowest BCUT2D eigenvalue weighted by molar-refractivity contribution is -0.129. The Morgan fingerprint density at radius 3 is 2.68 bits per heavy atom. The molecule has 31 heavy (non-hydrogen) atoms. The fraction of sp³-hybridized carbons (Fsp3) is 0.609. The summed E-state index contributed by atoms with van der Waals surface area (Å²) in [6.07, 6.45) is 7.76. The average Bonchev–Trinajstić information content (AvgIpc) is 3.72. The Morgan fingerprint density at radius 1 is 1.03 bits per heavy atom. The number of hydrogen-bond donors (Lipinski definition) is 0. The Bertz CT molecular complexity index is 985. The monoisotopic (exact) mass is 440 g/mol. The molecule has 2 aliphatic carbocycles. The fourth-order valence-electron chi connectivity index (χ4n) is 4.69. The number of carbonyl (C=O) groups is 1. The van der Waals surface area contributed by atoms with E-state index in [1.165, 1.54) is 25.7 Å². The number of fused-ring (bicyclic) bond motifs is 1. The summed E-state index contributed by atoms with van der Waals surface area (Å²) in [6, 6.07) is 6.79. The van der Waals surface area contributed by atoms with Crippen molar-refractivity contribution in [3.8, 4) is 11.5 Å². The zero-order chi connectivity index (χ0) is 20.8. The first-order chi connectivity index (χ1) is 15.3. The smallest absolute Gasteiger partial charge is 0.233 e. The molecule has 1 aromatic carbocycles. The molecule has 0 spiro atoms. The number of benzene rings is 1. The minimum absolute atomic E-state index is 0.105. The number of aromatic nitrogens is 3. The van der Waals surface area contributed by atoms with Gasteiger partial charge in [0.2, 0.25) is 5.91 Å². The second-order valence-corrected chi connectivity index (χ2v) is 9.95. The molecule has 0 N–H and O–H groups in total. The predicted molar refractivity (Wildman–Crippen MR) is 117 cm³/mol. The van der Waals surface area contributed by atoms with Gasteiger partial charge < -0.3 is 18.9 Å². The molecule has 1 atom stereocenters. The van der Waals surface area contributed by atoms with E-state index in [0.29, 0.717) is 30.9 Å². The first-order valence-corrected chi connectivity index (χ1v) is 12.5. The van der Waals surface area contributed by atoms with Gasteiger partial charge in [-0.15, -0.1) is 10.2 Å². The predicted octanol–water partition coefficient (Wildman–Crippen LogP) is 4.11. The van der Waals surface area contributed by atoms with Crippen molar-refractivity contribution in [1.29, 1.82) is 0 Å². The fourth-order valence-corrected chi connectivity index (χ4v) is 5.59. The first kappa shape index (κ1) is 19.5. The van der Waals surface area contributed by atoms with E-state index < -0.39 is 0 Å². The molecule has 2 aliphatic heterocycles. The molecule has 3 heterocycles. The number of amides is 1. The highest BCUT2D eigenvalue weighted by Gasteiger charge is 2.37. The van der Waals surface area contributed by atoms with E-state index in [1.54, 1.807) is 11.8 Å². The van der Waals surface area contributed by atoms with Crippen molar-refractivity contribution in [3.63, 3.8) is 0 Å². The van der Waals surface area contributed by atoms with E-state index in [0.717, 1.165) is 53.9 Å². The van der Waals surface area contributed by atoms with Crippen LogP contribution in [0.5, 0.6) is 11.5 Å². The maximum Gasteiger partial charge on any atom is 0.233 e. The van der Waals surface area contributed by atoms with Gasteiger partial charge in [0.1, 0.15) is 5.82 Å². The number of nitrogens with zero attached hydrogens (tertiary/aromatic N) is 4. The van der Waals surface area contributed by atoms with Gasteiger partial charge in [-0.05, 0) is 56.2 Å². The van der Waals surface area contributed by atoms with Crippen LogP contribution in [0.1, 0.15) is 74.3 Å². The van der Waals surface area contributed by atoms with Crippen LogP contribution in [0.2, 0.25) is 0 Å².